The van der Waals surface area contributed by atoms with Crippen LogP contribution in [0.4, 0.5) is 10.5 Å². The van der Waals surface area contributed by atoms with Gasteiger partial charge in [0.15, 0.2) is 0 Å². The molecule has 2 rings (SSSR count). The van der Waals surface area contributed by atoms with Crippen LogP contribution in [0.3, 0.4) is 0 Å². The highest BCUT2D eigenvalue weighted by molar-refractivity contribution is 9.10. The maximum atomic E-state index is 12.1. The molecule has 1 fully saturated rings. The molecule has 0 spiro atoms. The lowest BCUT2D eigenvalue weighted by Crippen LogP contribution is -2.51. The van der Waals surface area contributed by atoms with Crippen LogP contribution in [0.25, 0.3) is 0 Å². The fourth-order valence-electron chi connectivity index (χ4n) is 2.52. The van der Waals surface area contributed by atoms with E-state index in [1.54, 1.807) is 4.90 Å². The van der Waals surface area contributed by atoms with Gasteiger partial charge in [-0.3, -0.25) is 0 Å². The molecule has 1 aromatic carbocycles. The van der Waals surface area contributed by atoms with Gasteiger partial charge in [-0.05, 0) is 61.7 Å². The molecular weight excluding hydrogens is 356 g/mol. The van der Waals surface area contributed by atoms with Crippen molar-refractivity contribution in [2.45, 2.75) is 44.8 Å². The third kappa shape index (κ3) is 4.65. The number of hydrogen-bond donors (Lipinski definition) is 1. The Morgan fingerprint density at radius 3 is 2.48 bits per heavy atom. The summed E-state index contributed by atoms with van der Waals surface area (Å²) in [6.45, 7) is 6.77. The van der Waals surface area contributed by atoms with Gasteiger partial charge in [-0.1, -0.05) is 18.1 Å². The minimum absolute atomic E-state index is 0.274. The van der Waals surface area contributed by atoms with Gasteiger partial charge in [0.05, 0.1) is 0 Å². The molecular formula is C18H23BrN2O2. The molecule has 1 aromatic rings. The van der Waals surface area contributed by atoms with E-state index in [1.165, 1.54) is 0 Å². The predicted octanol–water partition coefficient (Wildman–Crippen LogP) is 4.26. The SMILES string of the molecule is C#CC1(Nc2ccccc2Br)CCN(C(=O)OC(C)(C)C)CC1. The molecule has 4 nitrogen and oxygen atoms in total. The van der Waals surface area contributed by atoms with Crippen LogP contribution in [-0.4, -0.2) is 35.2 Å². The van der Waals surface area contributed by atoms with E-state index in [1.807, 2.05) is 45.0 Å². The van der Waals surface area contributed by atoms with E-state index < -0.39 is 11.1 Å². The van der Waals surface area contributed by atoms with Crippen LogP contribution in [-0.2, 0) is 4.74 Å². The fraction of sp³-hybridized carbons (Fsp3) is 0.500. The molecule has 1 amide bonds. The van der Waals surface area contributed by atoms with Gasteiger partial charge in [0.2, 0.25) is 0 Å². The number of carbonyl (C=O) groups is 1. The molecule has 1 aliphatic rings. The Hall–Kier alpha value is -1.67. The first kappa shape index (κ1) is 17.7. The Labute approximate surface area is 146 Å². The second kappa shape index (κ2) is 6.84. The van der Waals surface area contributed by atoms with Gasteiger partial charge in [0, 0.05) is 23.2 Å². The molecule has 1 heterocycles. The van der Waals surface area contributed by atoms with E-state index in [2.05, 4.69) is 27.2 Å². The Morgan fingerprint density at radius 2 is 1.96 bits per heavy atom. The van der Waals surface area contributed by atoms with E-state index >= 15 is 0 Å². The predicted molar refractivity (Wildman–Crippen MR) is 96.4 cm³/mol. The number of benzene rings is 1. The highest BCUT2D eigenvalue weighted by Crippen LogP contribution is 2.31. The van der Waals surface area contributed by atoms with Crippen molar-refractivity contribution in [2.75, 3.05) is 18.4 Å². The monoisotopic (exact) mass is 378 g/mol. The number of rotatable bonds is 2. The van der Waals surface area contributed by atoms with Crippen LogP contribution in [0.2, 0.25) is 0 Å². The zero-order chi connectivity index (χ0) is 17.1. The lowest BCUT2D eigenvalue weighted by Gasteiger charge is -2.40. The quantitative estimate of drug-likeness (QED) is 0.781. The molecule has 1 N–H and O–H groups in total. The largest absolute Gasteiger partial charge is 0.444 e. The van der Waals surface area contributed by atoms with E-state index in [0.29, 0.717) is 25.9 Å². The van der Waals surface area contributed by atoms with Crippen LogP contribution in [0.15, 0.2) is 28.7 Å². The Bertz CT molecular complexity index is 608. The second-order valence-electron chi connectivity index (χ2n) is 6.80. The summed E-state index contributed by atoms with van der Waals surface area (Å²) in [6.07, 6.45) is 6.89. The first-order valence-electron chi connectivity index (χ1n) is 7.73. The minimum Gasteiger partial charge on any atom is -0.444 e. The number of nitrogens with zero attached hydrogens (tertiary/aromatic N) is 1. The van der Waals surface area contributed by atoms with Crippen LogP contribution < -0.4 is 5.32 Å². The molecule has 0 aromatic heterocycles. The zero-order valence-electron chi connectivity index (χ0n) is 13.9. The van der Waals surface area contributed by atoms with Gasteiger partial charge in [0.25, 0.3) is 0 Å². The Morgan fingerprint density at radius 1 is 1.35 bits per heavy atom. The van der Waals surface area contributed by atoms with Crippen molar-refractivity contribution in [2.24, 2.45) is 0 Å². The van der Waals surface area contributed by atoms with Crippen molar-refractivity contribution in [1.29, 1.82) is 0 Å². The lowest BCUT2D eigenvalue weighted by molar-refractivity contribution is 0.0195. The highest BCUT2D eigenvalue weighted by Gasteiger charge is 2.36. The number of anilines is 1. The van der Waals surface area contributed by atoms with Crippen molar-refractivity contribution in [3.63, 3.8) is 0 Å². The number of halogens is 1. The number of terminal acetylenes is 1. The number of nitrogens with one attached hydrogen (secondary N) is 1. The molecule has 0 aliphatic carbocycles. The van der Waals surface area contributed by atoms with E-state index in [9.17, 15) is 4.79 Å². The minimum atomic E-state index is -0.481. The number of ether oxygens (including phenoxy) is 1. The van der Waals surface area contributed by atoms with Crippen molar-refractivity contribution in [3.05, 3.63) is 28.7 Å². The zero-order valence-corrected chi connectivity index (χ0v) is 15.4. The van der Waals surface area contributed by atoms with Crippen molar-refractivity contribution < 1.29 is 9.53 Å². The molecule has 0 saturated carbocycles. The molecule has 5 heteroatoms. The maximum absolute atomic E-state index is 12.1. The first-order valence-corrected chi connectivity index (χ1v) is 8.52. The van der Waals surface area contributed by atoms with E-state index in [0.717, 1.165) is 10.2 Å². The molecule has 124 valence electrons. The molecule has 1 aliphatic heterocycles. The molecule has 1 saturated heterocycles. The lowest BCUT2D eigenvalue weighted by atomic mass is 9.88. The topological polar surface area (TPSA) is 41.6 Å². The van der Waals surface area contributed by atoms with E-state index in [-0.39, 0.29) is 6.09 Å². The standard InChI is InChI=1S/C18H23BrN2O2/c1-5-18(20-15-9-7-6-8-14(15)19)10-12-21(13-11-18)16(22)23-17(2,3)4/h1,6-9,20H,10-13H2,2-4H3. The average molecular weight is 379 g/mol. The maximum Gasteiger partial charge on any atom is 0.410 e. The number of hydrogen-bond acceptors (Lipinski definition) is 3. The number of amides is 1. The summed E-state index contributed by atoms with van der Waals surface area (Å²) in [5.41, 5.74) is 0.0453. The molecule has 0 unspecified atom stereocenters. The number of para-hydroxylation sites is 1. The summed E-state index contributed by atoms with van der Waals surface area (Å²) < 4.78 is 6.40. The van der Waals surface area contributed by atoms with Crippen LogP contribution in [0, 0.1) is 12.3 Å². The van der Waals surface area contributed by atoms with Crippen LogP contribution >= 0.6 is 15.9 Å². The third-order valence-electron chi connectivity index (χ3n) is 3.79. The number of carbonyl (C=O) groups excluding carboxylic acids is 1. The van der Waals surface area contributed by atoms with Crippen LogP contribution in [0.5, 0.6) is 0 Å². The smallest absolute Gasteiger partial charge is 0.410 e. The van der Waals surface area contributed by atoms with Crippen molar-refractivity contribution in [1.82, 2.24) is 4.90 Å². The van der Waals surface area contributed by atoms with Crippen molar-refractivity contribution in [3.8, 4) is 12.3 Å². The number of piperidine rings is 1. The Balaban J connectivity index is 2.02. The van der Waals surface area contributed by atoms with Gasteiger partial charge < -0.3 is 15.0 Å². The van der Waals surface area contributed by atoms with Crippen molar-refractivity contribution >= 4 is 27.7 Å². The summed E-state index contributed by atoms with van der Waals surface area (Å²) in [4.78, 5) is 13.9. The van der Waals surface area contributed by atoms with Gasteiger partial charge in [-0.2, -0.15) is 0 Å². The summed E-state index contributed by atoms with van der Waals surface area (Å²) in [5.74, 6) is 2.89. The van der Waals surface area contributed by atoms with E-state index in [4.69, 9.17) is 11.2 Å². The summed E-state index contributed by atoms with van der Waals surface area (Å²) in [7, 11) is 0. The van der Waals surface area contributed by atoms with Gasteiger partial charge in [-0.15, -0.1) is 6.42 Å². The summed E-state index contributed by atoms with van der Waals surface area (Å²) >= 11 is 3.53. The molecule has 0 bridgehead atoms. The average Bonchev–Trinajstić information content (AvgIpc) is 2.48. The first-order chi connectivity index (χ1) is 10.7. The Kier molecular flexibility index (Phi) is 5.26. The molecule has 0 atom stereocenters. The fourth-order valence-corrected chi connectivity index (χ4v) is 2.91. The number of likely N-dealkylation sites (tertiary alicyclic amines) is 1. The third-order valence-corrected chi connectivity index (χ3v) is 4.48. The highest BCUT2D eigenvalue weighted by atomic mass is 79.9. The molecule has 0 radical (unpaired) electrons. The molecule has 23 heavy (non-hydrogen) atoms. The van der Waals surface area contributed by atoms with Crippen LogP contribution in [0.1, 0.15) is 33.6 Å². The van der Waals surface area contributed by atoms with Gasteiger partial charge in [-0.25, -0.2) is 4.79 Å². The van der Waals surface area contributed by atoms with Gasteiger partial charge >= 0.3 is 6.09 Å². The summed E-state index contributed by atoms with van der Waals surface area (Å²) in [6, 6.07) is 7.89. The summed E-state index contributed by atoms with van der Waals surface area (Å²) in [5, 5.41) is 3.46. The second-order valence-corrected chi connectivity index (χ2v) is 7.65. The van der Waals surface area contributed by atoms with Gasteiger partial charge in [0.1, 0.15) is 11.1 Å². The normalized spacial score (nSPS) is 17.3.